The second-order valence-corrected chi connectivity index (χ2v) is 5.41. The summed E-state index contributed by atoms with van der Waals surface area (Å²) in [5.41, 5.74) is 0.334. The number of rotatable bonds is 4. The van der Waals surface area contributed by atoms with Gasteiger partial charge in [0.1, 0.15) is 0 Å². The average Bonchev–Trinajstić information content (AvgIpc) is 2.94. The van der Waals surface area contributed by atoms with Gasteiger partial charge in [0.2, 0.25) is 0 Å². The summed E-state index contributed by atoms with van der Waals surface area (Å²) in [6.45, 7) is 2.63. The molecule has 0 fully saturated rings. The zero-order valence-electron chi connectivity index (χ0n) is 9.39. The molecule has 0 aliphatic carbocycles. The molecule has 0 unspecified atom stereocenters. The molecule has 0 atom stereocenters. The van der Waals surface area contributed by atoms with Gasteiger partial charge in [-0.15, -0.1) is 22.7 Å². The maximum Gasteiger partial charge on any atom is 0.357 e. The number of carbonyl (C=O) groups excluding carboxylic acids is 1. The highest BCUT2D eigenvalue weighted by Crippen LogP contribution is 2.18. The molecule has 0 radical (unpaired) electrons. The van der Waals surface area contributed by atoms with Crippen LogP contribution in [0.3, 0.4) is 0 Å². The Balaban J connectivity index is 1.95. The van der Waals surface area contributed by atoms with Crippen LogP contribution in [0.5, 0.6) is 0 Å². The monoisotopic (exact) mass is 269 g/mol. The van der Waals surface area contributed by atoms with E-state index >= 15 is 0 Å². The van der Waals surface area contributed by atoms with Gasteiger partial charge in [-0.05, 0) is 6.92 Å². The van der Waals surface area contributed by atoms with Crippen LogP contribution in [-0.2, 0) is 11.3 Å². The van der Waals surface area contributed by atoms with Gasteiger partial charge in [-0.1, -0.05) is 0 Å². The number of methoxy groups -OCH3 is 1. The highest BCUT2D eigenvalue weighted by molar-refractivity contribution is 7.14. The minimum atomic E-state index is -0.414. The molecule has 5 nitrogen and oxygen atoms in total. The summed E-state index contributed by atoms with van der Waals surface area (Å²) in [4.78, 5) is 20.6. The Morgan fingerprint density at radius 1 is 1.59 bits per heavy atom. The van der Waals surface area contributed by atoms with Crippen molar-refractivity contribution in [1.29, 1.82) is 0 Å². The molecule has 0 aliphatic heterocycles. The first-order chi connectivity index (χ1) is 8.19. The molecule has 0 aromatic carbocycles. The molecule has 0 spiro atoms. The second kappa shape index (κ2) is 5.24. The third kappa shape index (κ3) is 3.01. The Labute approximate surface area is 106 Å². The third-order valence-electron chi connectivity index (χ3n) is 1.98. The van der Waals surface area contributed by atoms with Crippen LogP contribution in [0.25, 0.3) is 0 Å². The van der Waals surface area contributed by atoms with Crippen LogP contribution in [0.2, 0.25) is 0 Å². The lowest BCUT2D eigenvalue weighted by atomic mass is 10.5. The Morgan fingerprint density at radius 2 is 2.41 bits per heavy atom. The summed E-state index contributed by atoms with van der Waals surface area (Å²) in [6.07, 6.45) is 1.84. The van der Waals surface area contributed by atoms with Crippen molar-refractivity contribution in [2.75, 3.05) is 12.4 Å². The smallest absolute Gasteiger partial charge is 0.357 e. The van der Waals surface area contributed by atoms with E-state index in [1.54, 1.807) is 16.7 Å². The van der Waals surface area contributed by atoms with Gasteiger partial charge in [0.25, 0.3) is 0 Å². The van der Waals surface area contributed by atoms with Crippen LogP contribution in [0.4, 0.5) is 5.13 Å². The van der Waals surface area contributed by atoms with Crippen molar-refractivity contribution in [3.63, 3.8) is 0 Å². The van der Waals surface area contributed by atoms with Crippen LogP contribution in [-0.4, -0.2) is 23.0 Å². The number of ether oxygens (including phenoxy) is 1. The molecule has 0 saturated carbocycles. The van der Waals surface area contributed by atoms with E-state index in [0.29, 0.717) is 17.4 Å². The van der Waals surface area contributed by atoms with Crippen LogP contribution in [0.15, 0.2) is 11.6 Å². The van der Waals surface area contributed by atoms with Crippen LogP contribution < -0.4 is 5.32 Å². The summed E-state index contributed by atoms with van der Waals surface area (Å²) in [6, 6.07) is 0. The Morgan fingerprint density at radius 3 is 3.06 bits per heavy atom. The minimum Gasteiger partial charge on any atom is -0.464 e. The van der Waals surface area contributed by atoms with E-state index in [4.69, 9.17) is 0 Å². The number of thiazole rings is 2. The van der Waals surface area contributed by atoms with Crippen molar-refractivity contribution in [3.8, 4) is 0 Å². The van der Waals surface area contributed by atoms with Gasteiger partial charge in [-0.3, -0.25) is 0 Å². The molecule has 17 heavy (non-hydrogen) atoms. The van der Waals surface area contributed by atoms with Crippen molar-refractivity contribution in [2.24, 2.45) is 0 Å². The van der Waals surface area contributed by atoms with Crippen molar-refractivity contribution < 1.29 is 9.53 Å². The van der Waals surface area contributed by atoms with Gasteiger partial charge in [-0.2, -0.15) is 0 Å². The molecule has 2 heterocycles. The summed E-state index contributed by atoms with van der Waals surface area (Å²) in [5.74, 6) is -0.414. The zero-order chi connectivity index (χ0) is 12.3. The van der Waals surface area contributed by atoms with Crippen molar-refractivity contribution in [3.05, 3.63) is 27.2 Å². The quantitative estimate of drug-likeness (QED) is 0.863. The van der Waals surface area contributed by atoms with E-state index in [-0.39, 0.29) is 0 Å². The fraction of sp³-hybridized carbons (Fsp3) is 0.300. The topological polar surface area (TPSA) is 64.1 Å². The molecule has 90 valence electrons. The van der Waals surface area contributed by atoms with Gasteiger partial charge < -0.3 is 10.1 Å². The number of carbonyl (C=O) groups is 1. The fourth-order valence-corrected chi connectivity index (χ4v) is 2.62. The average molecular weight is 269 g/mol. The van der Waals surface area contributed by atoms with Crippen LogP contribution in [0.1, 0.15) is 20.4 Å². The molecule has 2 rings (SSSR count). The predicted molar refractivity (Wildman–Crippen MR) is 67.6 cm³/mol. The lowest BCUT2D eigenvalue weighted by molar-refractivity contribution is 0.0595. The van der Waals surface area contributed by atoms with Crippen molar-refractivity contribution in [2.45, 2.75) is 13.5 Å². The second-order valence-electron chi connectivity index (χ2n) is 3.23. The summed E-state index contributed by atoms with van der Waals surface area (Å²) in [5, 5.41) is 6.56. The maximum absolute atomic E-state index is 11.2. The number of aryl methyl sites for hydroxylation is 1. The van der Waals surface area contributed by atoms with E-state index in [0.717, 1.165) is 9.88 Å². The van der Waals surface area contributed by atoms with Crippen molar-refractivity contribution >= 4 is 33.8 Å². The highest BCUT2D eigenvalue weighted by atomic mass is 32.1. The maximum atomic E-state index is 11.2. The lowest BCUT2D eigenvalue weighted by Gasteiger charge is -1.98. The van der Waals surface area contributed by atoms with Gasteiger partial charge in [0, 0.05) is 16.5 Å². The molecule has 7 heteroatoms. The first-order valence-electron chi connectivity index (χ1n) is 4.88. The number of anilines is 1. The molecule has 2 aromatic rings. The highest BCUT2D eigenvalue weighted by Gasteiger charge is 2.10. The molecular weight excluding hydrogens is 258 g/mol. The summed E-state index contributed by atoms with van der Waals surface area (Å²) >= 11 is 3.02. The molecule has 0 amide bonds. The van der Waals surface area contributed by atoms with E-state index in [1.165, 1.54) is 18.4 Å². The molecule has 1 N–H and O–H groups in total. The summed E-state index contributed by atoms with van der Waals surface area (Å²) in [7, 11) is 1.34. The Kier molecular flexibility index (Phi) is 3.70. The fourth-order valence-electron chi connectivity index (χ4n) is 1.20. The number of hydrogen-bond donors (Lipinski definition) is 1. The predicted octanol–water partition coefficient (Wildman–Crippen LogP) is 2.31. The Hall–Kier alpha value is -1.47. The number of nitrogens with zero attached hydrogens (tertiary/aromatic N) is 2. The Bertz CT molecular complexity index is 521. The summed E-state index contributed by atoms with van der Waals surface area (Å²) < 4.78 is 4.59. The van der Waals surface area contributed by atoms with E-state index < -0.39 is 5.97 Å². The molecule has 0 saturated heterocycles. The van der Waals surface area contributed by atoms with Gasteiger partial charge in [0.15, 0.2) is 10.8 Å². The standard InChI is InChI=1S/C10H11N3O2S2/c1-6-11-3-7(17-6)4-12-10-13-8(5-16-10)9(14)15-2/h3,5H,4H2,1-2H3,(H,12,13). The first kappa shape index (κ1) is 12.0. The van der Waals surface area contributed by atoms with Crippen LogP contribution >= 0.6 is 22.7 Å². The van der Waals surface area contributed by atoms with E-state index in [1.807, 2.05) is 13.1 Å². The SMILES string of the molecule is COC(=O)c1csc(NCc2cnc(C)s2)n1. The molecule has 0 aliphatic rings. The first-order valence-corrected chi connectivity index (χ1v) is 6.57. The van der Waals surface area contributed by atoms with Crippen LogP contribution in [0, 0.1) is 6.92 Å². The number of esters is 1. The van der Waals surface area contributed by atoms with Gasteiger partial charge in [-0.25, -0.2) is 14.8 Å². The van der Waals surface area contributed by atoms with E-state index in [9.17, 15) is 4.79 Å². The molecule has 2 aromatic heterocycles. The largest absolute Gasteiger partial charge is 0.464 e. The number of hydrogen-bond acceptors (Lipinski definition) is 7. The van der Waals surface area contributed by atoms with Gasteiger partial charge in [0.05, 0.1) is 18.7 Å². The number of nitrogens with one attached hydrogen (secondary N) is 1. The number of aromatic nitrogens is 2. The van der Waals surface area contributed by atoms with Gasteiger partial charge >= 0.3 is 5.97 Å². The zero-order valence-corrected chi connectivity index (χ0v) is 11.0. The van der Waals surface area contributed by atoms with E-state index in [2.05, 4.69) is 20.0 Å². The van der Waals surface area contributed by atoms with Crippen molar-refractivity contribution in [1.82, 2.24) is 9.97 Å². The lowest BCUT2D eigenvalue weighted by Crippen LogP contribution is -2.02. The molecule has 0 bridgehead atoms. The third-order valence-corrected chi connectivity index (χ3v) is 3.69. The normalized spacial score (nSPS) is 10.2. The minimum absolute atomic E-state index is 0.334. The molecular formula is C10H11N3O2S2.